The Morgan fingerprint density at radius 2 is 1.69 bits per heavy atom. The van der Waals surface area contributed by atoms with Crippen molar-refractivity contribution < 1.29 is 22.7 Å². The Labute approximate surface area is 215 Å². The number of carbonyl (C=O) groups is 2. The first-order valence-electron chi connectivity index (χ1n) is 12.5. The number of carbonyl (C=O) groups excluding carboxylic acids is 2. The lowest BCUT2D eigenvalue weighted by Gasteiger charge is -2.34. The van der Waals surface area contributed by atoms with E-state index < -0.39 is 16.0 Å². The largest absolute Gasteiger partial charge is 0.452 e. The number of amides is 1. The van der Waals surface area contributed by atoms with E-state index in [0.717, 1.165) is 24.8 Å². The zero-order valence-corrected chi connectivity index (χ0v) is 22.9. The number of hydrogen-bond donors (Lipinski definition) is 2. The molecule has 3 unspecified atom stereocenters. The molecule has 2 aromatic carbocycles. The lowest BCUT2D eigenvalue weighted by atomic mass is 9.78. The number of sulfonamides is 1. The Bertz CT molecular complexity index is 1200. The van der Waals surface area contributed by atoms with Crippen LogP contribution < -0.4 is 10.0 Å². The van der Waals surface area contributed by atoms with E-state index >= 15 is 0 Å². The fraction of sp³-hybridized carbons (Fsp3) is 0.500. The van der Waals surface area contributed by atoms with Gasteiger partial charge in [-0.2, -0.15) is 0 Å². The molecule has 0 bridgehead atoms. The van der Waals surface area contributed by atoms with Crippen molar-refractivity contribution in [2.45, 2.75) is 77.2 Å². The molecule has 7 nitrogen and oxygen atoms in total. The lowest BCUT2D eigenvalue weighted by molar-refractivity contribution is -0.125. The summed E-state index contributed by atoms with van der Waals surface area (Å²) in [5.41, 5.74) is 1.93. The molecule has 0 saturated heterocycles. The summed E-state index contributed by atoms with van der Waals surface area (Å²) in [7, 11) is -3.82. The van der Waals surface area contributed by atoms with E-state index in [2.05, 4.69) is 23.9 Å². The number of esters is 1. The minimum absolute atomic E-state index is 0.0972. The number of hydrogen-bond acceptors (Lipinski definition) is 5. The molecule has 0 aromatic heterocycles. The highest BCUT2D eigenvalue weighted by atomic mass is 32.2. The summed E-state index contributed by atoms with van der Waals surface area (Å²) >= 11 is 0. The maximum Gasteiger partial charge on any atom is 0.338 e. The highest BCUT2D eigenvalue weighted by molar-refractivity contribution is 7.92. The van der Waals surface area contributed by atoms with Crippen LogP contribution in [0.5, 0.6) is 0 Å². The van der Waals surface area contributed by atoms with E-state index in [4.69, 9.17) is 4.74 Å². The summed E-state index contributed by atoms with van der Waals surface area (Å²) < 4.78 is 33.9. The van der Waals surface area contributed by atoms with Gasteiger partial charge in [-0.25, -0.2) is 13.2 Å². The molecule has 3 atom stereocenters. The fourth-order valence-corrected chi connectivity index (χ4v) is 5.82. The van der Waals surface area contributed by atoms with Crippen LogP contribution in [0.4, 0.5) is 5.69 Å². The Morgan fingerprint density at radius 1 is 1.03 bits per heavy atom. The molecule has 0 spiro atoms. The van der Waals surface area contributed by atoms with E-state index in [1.165, 1.54) is 24.3 Å². The fourth-order valence-electron chi connectivity index (χ4n) is 4.49. The molecule has 3 rings (SSSR count). The van der Waals surface area contributed by atoms with E-state index in [1.54, 1.807) is 19.1 Å². The molecule has 36 heavy (non-hydrogen) atoms. The van der Waals surface area contributed by atoms with Gasteiger partial charge in [-0.15, -0.1) is 0 Å². The normalized spacial score (nSPS) is 20.4. The molecule has 1 fully saturated rings. The summed E-state index contributed by atoms with van der Waals surface area (Å²) in [4.78, 5) is 24.9. The molecule has 1 saturated carbocycles. The quantitative estimate of drug-likeness (QED) is 0.495. The average molecular weight is 515 g/mol. The van der Waals surface area contributed by atoms with Crippen LogP contribution in [0.2, 0.25) is 0 Å². The molecule has 196 valence electrons. The first-order chi connectivity index (χ1) is 16.8. The highest BCUT2D eigenvalue weighted by Crippen LogP contribution is 2.30. The van der Waals surface area contributed by atoms with Crippen LogP contribution in [0.15, 0.2) is 47.4 Å². The number of rotatable bonds is 7. The molecule has 0 heterocycles. The second kappa shape index (κ2) is 11.0. The Hall–Kier alpha value is -2.87. The van der Waals surface area contributed by atoms with Crippen molar-refractivity contribution in [3.05, 3.63) is 59.2 Å². The van der Waals surface area contributed by atoms with Gasteiger partial charge in [-0.05, 0) is 72.1 Å². The first-order valence-corrected chi connectivity index (χ1v) is 14.0. The Morgan fingerprint density at radius 3 is 2.33 bits per heavy atom. The van der Waals surface area contributed by atoms with E-state index in [9.17, 15) is 18.0 Å². The zero-order valence-electron chi connectivity index (χ0n) is 22.1. The summed E-state index contributed by atoms with van der Waals surface area (Å²) in [5.74, 6) is -0.0202. The van der Waals surface area contributed by atoms with Crippen molar-refractivity contribution in [3.63, 3.8) is 0 Å². The smallest absolute Gasteiger partial charge is 0.338 e. The van der Waals surface area contributed by atoms with Gasteiger partial charge in [0.1, 0.15) is 0 Å². The van der Waals surface area contributed by atoms with Gasteiger partial charge in [-0.1, -0.05) is 59.6 Å². The van der Waals surface area contributed by atoms with Crippen molar-refractivity contribution in [3.8, 4) is 0 Å². The maximum atomic E-state index is 13.1. The molecule has 8 heteroatoms. The first kappa shape index (κ1) is 27.7. The summed E-state index contributed by atoms with van der Waals surface area (Å²) in [6, 6.07) is 11.5. The predicted octanol–water partition coefficient (Wildman–Crippen LogP) is 5.19. The minimum Gasteiger partial charge on any atom is -0.452 e. The molecule has 1 aliphatic rings. The Balaban J connectivity index is 1.60. The maximum absolute atomic E-state index is 13.1. The van der Waals surface area contributed by atoms with Gasteiger partial charge in [-0.3, -0.25) is 9.52 Å². The number of ether oxygens (including phenoxy) is 1. The third-order valence-corrected chi connectivity index (χ3v) is 8.63. The zero-order chi connectivity index (χ0) is 26.7. The molecule has 1 amide bonds. The molecular weight excluding hydrogens is 476 g/mol. The third kappa shape index (κ3) is 6.87. The number of nitrogens with one attached hydrogen (secondary N) is 2. The van der Waals surface area contributed by atoms with Gasteiger partial charge in [0.15, 0.2) is 6.61 Å². The summed E-state index contributed by atoms with van der Waals surface area (Å²) in [6.45, 7) is 11.8. The molecule has 0 radical (unpaired) electrons. The highest BCUT2D eigenvalue weighted by Gasteiger charge is 2.28. The predicted molar refractivity (Wildman–Crippen MR) is 142 cm³/mol. The van der Waals surface area contributed by atoms with Gasteiger partial charge >= 0.3 is 5.97 Å². The van der Waals surface area contributed by atoms with Gasteiger partial charge in [0.05, 0.1) is 10.5 Å². The monoisotopic (exact) mass is 514 g/mol. The van der Waals surface area contributed by atoms with Crippen molar-refractivity contribution in [2.75, 3.05) is 11.3 Å². The molecular formula is C28H38N2O5S. The van der Waals surface area contributed by atoms with E-state index in [1.807, 2.05) is 26.8 Å². The lowest BCUT2D eigenvalue weighted by Crippen LogP contribution is -2.45. The van der Waals surface area contributed by atoms with Gasteiger partial charge in [0.2, 0.25) is 0 Å². The standard InChI is InChI=1S/C28H38N2O5S/c1-18-8-7-9-24(20(18)3)29-26(31)17-35-27(32)21-11-14-23(15-12-21)30-36(33,34)25-16-22(28(4,5)6)13-10-19(25)2/h10-16,18,20,24,30H,7-9,17H2,1-6H3,(H,29,31). The second-order valence-electron chi connectivity index (χ2n) is 10.9. The van der Waals surface area contributed by atoms with Crippen LogP contribution >= 0.6 is 0 Å². The molecule has 0 aliphatic heterocycles. The number of aryl methyl sites for hydroxylation is 1. The molecule has 1 aliphatic carbocycles. The van der Waals surface area contributed by atoms with Crippen molar-refractivity contribution in [1.29, 1.82) is 0 Å². The SMILES string of the molecule is Cc1ccc(C(C)(C)C)cc1S(=O)(=O)Nc1ccc(C(=O)OCC(=O)NC2CCCC(C)C2C)cc1. The van der Waals surface area contributed by atoms with Gasteiger partial charge in [0.25, 0.3) is 15.9 Å². The van der Waals surface area contributed by atoms with Gasteiger partial charge < -0.3 is 10.1 Å². The third-order valence-electron chi connectivity index (χ3n) is 7.10. The van der Waals surface area contributed by atoms with Crippen LogP contribution in [0.3, 0.4) is 0 Å². The van der Waals surface area contributed by atoms with Crippen LogP contribution in [0.1, 0.15) is 75.4 Å². The number of anilines is 1. The van der Waals surface area contributed by atoms with Crippen LogP contribution in [-0.4, -0.2) is 32.9 Å². The minimum atomic E-state index is -3.82. The topological polar surface area (TPSA) is 102 Å². The Kier molecular flexibility index (Phi) is 8.49. The van der Waals surface area contributed by atoms with Crippen molar-refractivity contribution >= 4 is 27.6 Å². The van der Waals surface area contributed by atoms with Gasteiger partial charge in [0, 0.05) is 11.7 Å². The van der Waals surface area contributed by atoms with Crippen LogP contribution in [-0.2, 0) is 25.0 Å². The van der Waals surface area contributed by atoms with Crippen LogP contribution in [0, 0.1) is 18.8 Å². The van der Waals surface area contributed by atoms with E-state index in [0.29, 0.717) is 23.1 Å². The second-order valence-corrected chi connectivity index (χ2v) is 12.6. The molecule has 2 aromatic rings. The summed E-state index contributed by atoms with van der Waals surface area (Å²) in [6.07, 6.45) is 3.17. The van der Waals surface area contributed by atoms with Crippen molar-refractivity contribution in [2.24, 2.45) is 11.8 Å². The van der Waals surface area contributed by atoms with E-state index in [-0.39, 0.29) is 34.4 Å². The van der Waals surface area contributed by atoms with Crippen LogP contribution in [0.25, 0.3) is 0 Å². The molecule has 2 N–H and O–H groups in total. The van der Waals surface area contributed by atoms with Crippen molar-refractivity contribution in [1.82, 2.24) is 5.32 Å². The number of benzene rings is 2. The summed E-state index contributed by atoms with van der Waals surface area (Å²) in [5, 5.41) is 2.98. The average Bonchev–Trinajstić information content (AvgIpc) is 2.80.